The Hall–Kier alpha value is -3.34. The van der Waals surface area contributed by atoms with Crippen LogP contribution in [0.15, 0.2) is 66.9 Å². The highest BCUT2D eigenvalue weighted by molar-refractivity contribution is 6.28. The Bertz CT molecular complexity index is 1030. The van der Waals surface area contributed by atoms with Gasteiger partial charge in [0, 0.05) is 11.6 Å². The molecular formula is C22H18N2O3. The van der Waals surface area contributed by atoms with E-state index in [4.69, 9.17) is 0 Å². The van der Waals surface area contributed by atoms with E-state index in [2.05, 4.69) is 10.3 Å². The molecule has 0 aliphatic carbocycles. The fraction of sp³-hybridized carbons (Fsp3) is 0.182. The maximum atomic E-state index is 12.8. The van der Waals surface area contributed by atoms with E-state index in [0.29, 0.717) is 12.8 Å². The fourth-order valence-electron chi connectivity index (χ4n) is 3.44. The zero-order valence-corrected chi connectivity index (χ0v) is 14.6. The molecule has 1 aliphatic rings. The lowest BCUT2D eigenvalue weighted by atomic mass is 9.93. The number of pyridine rings is 1. The van der Waals surface area contributed by atoms with Gasteiger partial charge in [-0.3, -0.25) is 19.4 Å². The van der Waals surface area contributed by atoms with Gasteiger partial charge < -0.3 is 5.32 Å². The number of hydrogen-bond donors (Lipinski definition) is 1. The van der Waals surface area contributed by atoms with E-state index in [-0.39, 0.29) is 11.5 Å². The zero-order valence-electron chi connectivity index (χ0n) is 14.6. The van der Waals surface area contributed by atoms with E-state index < -0.39 is 23.7 Å². The van der Waals surface area contributed by atoms with Crippen LogP contribution < -0.4 is 5.32 Å². The maximum Gasteiger partial charge on any atom is 0.239 e. The Labute approximate surface area is 156 Å². The third kappa shape index (κ3) is 3.36. The molecular weight excluding hydrogens is 340 g/mol. The number of benzene rings is 2. The normalized spacial score (nSPS) is 19.3. The molecule has 1 N–H and O–H groups in total. The van der Waals surface area contributed by atoms with Crippen molar-refractivity contribution in [3.63, 3.8) is 0 Å². The molecule has 1 aliphatic heterocycles. The van der Waals surface area contributed by atoms with Gasteiger partial charge in [-0.1, -0.05) is 54.6 Å². The van der Waals surface area contributed by atoms with Crippen molar-refractivity contribution in [1.82, 2.24) is 10.3 Å². The number of nitrogens with one attached hydrogen (secondary N) is 1. The van der Waals surface area contributed by atoms with Crippen molar-refractivity contribution in [3.8, 4) is 0 Å². The van der Waals surface area contributed by atoms with E-state index in [9.17, 15) is 14.4 Å². The topological polar surface area (TPSA) is 76.1 Å². The van der Waals surface area contributed by atoms with Crippen LogP contribution in [0.2, 0.25) is 0 Å². The molecule has 0 saturated carbocycles. The highest BCUT2D eigenvalue weighted by Gasteiger charge is 2.45. The largest absolute Gasteiger partial charge is 0.345 e. The molecule has 1 amide bonds. The summed E-state index contributed by atoms with van der Waals surface area (Å²) >= 11 is 0. The lowest BCUT2D eigenvalue weighted by Gasteiger charge is -2.09. The molecule has 1 saturated heterocycles. The zero-order chi connectivity index (χ0) is 18.8. The Balaban J connectivity index is 1.51. The second-order valence-electron chi connectivity index (χ2n) is 6.70. The van der Waals surface area contributed by atoms with Crippen LogP contribution in [0.3, 0.4) is 0 Å². The summed E-state index contributed by atoms with van der Waals surface area (Å²) in [6.07, 6.45) is 2.73. The Morgan fingerprint density at radius 1 is 0.963 bits per heavy atom. The van der Waals surface area contributed by atoms with Crippen molar-refractivity contribution in [2.75, 3.05) is 0 Å². The number of hydrogen-bond acceptors (Lipinski definition) is 4. The monoisotopic (exact) mass is 358 g/mol. The molecule has 2 aromatic carbocycles. The fourth-order valence-corrected chi connectivity index (χ4v) is 3.44. The lowest BCUT2D eigenvalue weighted by molar-refractivity contribution is -0.125. The first-order chi connectivity index (χ1) is 13.1. The van der Waals surface area contributed by atoms with Gasteiger partial charge in [0.1, 0.15) is 5.69 Å². The van der Waals surface area contributed by atoms with E-state index in [1.165, 1.54) is 0 Å². The average Bonchev–Trinajstić information content (AvgIpc) is 2.99. The minimum atomic E-state index is -1.31. The second kappa shape index (κ2) is 7.11. The van der Waals surface area contributed by atoms with Gasteiger partial charge in [-0.2, -0.15) is 0 Å². The van der Waals surface area contributed by atoms with Gasteiger partial charge in [-0.05, 0) is 29.9 Å². The molecule has 27 heavy (non-hydrogen) atoms. The van der Waals surface area contributed by atoms with E-state index >= 15 is 0 Å². The molecule has 5 heteroatoms. The average molecular weight is 358 g/mol. The van der Waals surface area contributed by atoms with Crippen molar-refractivity contribution >= 4 is 28.2 Å². The number of carbonyl (C=O) groups is 3. The summed E-state index contributed by atoms with van der Waals surface area (Å²) in [7, 11) is 0. The maximum absolute atomic E-state index is 12.8. The van der Waals surface area contributed by atoms with Gasteiger partial charge in [-0.15, -0.1) is 0 Å². The first-order valence-electron chi connectivity index (χ1n) is 8.90. The predicted molar refractivity (Wildman–Crippen MR) is 101 cm³/mol. The number of carbonyl (C=O) groups excluding carboxylic acids is 3. The van der Waals surface area contributed by atoms with Gasteiger partial charge in [0.15, 0.2) is 11.7 Å². The van der Waals surface area contributed by atoms with Crippen molar-refractivity contribution in [2.45, 2.75) is 18.9 Å². The van der Waals surface area contributed by atoms with Gasteiger partial charge in [-0.25, -0.2) is 0 Å². The number of amides is 1. The number of fused-ring (bicyclic) bond motifs is 1. The predicted octanol–water partition coefficient (Wildman–Crippen LogP) is 2.73. The van der Waals surface area contributed by atoms with Crippen molar-refractivity contribution in [3.05, 3.63) is 78.1 Å². The van der Waals surface area contributed by atoms with Crippen molar-refractivity contribution in [2.24, 2.45) is 5.92 Å². The molecule has 134 valence electrons. The summed E-state index contributed by atoms with van der Waals surface area (Å²) in [4.78, 5) is 41.9. The molecule has 0 spiro atoms. The molecule has 1 aromatic heterocycles. The highest BCUT2D eigenvalue weighted by Crippen LogP contribution is 2.22. The Kier molecular flexibility index (Phi) is 4.50. The summed E-state index contributed by atoms with van der Waals surface area (Å²) in [6, 6.07) is 18.3. The molecule has 4 rings (SSSR count). The number of aryl methyl sites for hydroxylation is 1. The lowest BCUT2D eigenvalue weighted by Crippen LogP contribution is -2.29. The molecule has 2 heterocycles. The number of Topliss-reactive ketones (excluding diaryl/α,β-unsaturated/α-hetero) is 2. The third-order valence-electron chi connectivity index (χ3n) is 4.92. The quantitative estimate of drug-likeness (QED) is 0.562. The second-order valence-corrected chi connectivity index (χ2v) is 6.70. The highest BCUT2D eigenvalue weighted by atomic mass is 16.2. The van der Waals surface area contributed by atoms with Gasteiger partial charge in [0.05, 0.1) is 6.04 Å². The van der Waals surface area contributed by atoms with Crippen molar-refractivity contribution in [1.29, 1.82) is 0 Å². The first-order valence-corrected chi connectivity index (χ1v) is 8.90. The summed E-state index contributed by atoms with van der Waals surface area (Å²) < 4.78 is 0. The Morgan fingerprint density at radius 2 is 1.67 bits per heavy atom. The molecule has 2 unspecified atom stereocenters. The number of ketones is 2. The van der Waals surface area contributed by atoms with E-state index in [0.717, 1.165) is 16.3 Å². The van der Waals surface area contributed by atoms with Crippen LogP contribution in [-0.2, 0) is 16.0 Å². The minimum Gasteiger partial charge on any atom is -0.345 e. The van der Waals surface area contributed by atoms with E-state index in [1.807, 2.05) is 54.6 Å². The van der Waals surface area contributed by atoms with Crippen LogP contribution in [0.5, 0.6) is 0 Å². The first kappa shape index (κ1) is 17.1. The van der Waals surface area contributed by atoms with Gasteiger partial charge in [0.2, 0.25) is 11.7 Å². The Morgan fingerprint density at radius 3 is 2.44 bits per heavy atom. The molecule has 0 bridgehead atoms. The van der Waals surface area contributed by atoms with Crippen LogP contribution >= 0.6 is 0 Å². The summed E-state index contributed by atoms with van der Waals surface area (Å²) in [5, 5.41) is 4.42. The van der Waals surface area contributed by atoms with Crippen LogP contribution in [0.4, 0.5) is 0 Å². The molecule has 1 fully saturated rings. The number of aromatic nitrogens is 1. The van der Waals surface area contributed by atoms with Crippen molar-refractivity contribution < 1.29 is 14.4 Å². The third-order valence-corrected chi connectivity index (χ3v) is 4.92. The number of rotatable bonds is 5. The smallest absolute Gasteiger partial charge is 0.239 e. The van der Waals surface area contributed by atoms with Crippen LogP contribution in [-0.4, -0.2) is 28.5 Å². The molecule has 2 atom stereocenters. The van der Waals surface area contributed by atoms with Crippen LogP contribution in [0.1, 0.15) is 22.5 Å². The summed E-state index contributed by atoms with van der Waals surface area (Å²) in [5.74, 6) is -2.74. The van der Waals surface area contributed by atoms with Gasteiger partial charge >= 0.3 is 0 Å². The van der Waals surface area contributed by atoms with Crippen LogP contribution in [0.25, 0.3) is 10.8 Å². The van der Waals surface area contributed by atoms with E-state index in [1.54, 1.807) is 12.3 Å². The standard InChI is InChI=1S/C22H18N2O3/c25-20-17(11-10-14-6-2-1-3-7-14)24-22(27)19(20)21(26)18-12-15-8-4-5-9-16(15)13-23-18/h1-9,12-13,17,19H,10-11H2,(H,24,27). The van der Waals surface area contributed by atoms with Crippen LogP contribution in [0, 0.1) is 5.92 Å². The van der Waals surface area contributed by atoms with Gasteiger partial charge in [0.25, 0.3) is 0 Å². The summed E-state index contributed by atoms with van der Waals surface area (Å²) in [5.41, 5.74) is 1.23. The SMILES string of the molecule is O=C1NC(CCc2ccccc2)C(=O)C1C(=O)c1cc2ccccc2cn1. The molecule has 3 aromatic rings. The summed E-state index contributed by atoms with van der Waals surface area (Å²) in [6.45, 7) is 0. The molecule has 5 nitrogen and oxygen atoms in total. The molecule has 0 radical (unpaired) electrons. The minimum absolute atomic E-state index is 0.144. The number of nitrogens with zero attached hydrogens (tertiary/aromatic N) is 1.